The Kier molecular flexibility index (Phi) is 9.72. The van der Waals surface area contributed by atoms with Crippen molar-refractivity contribution in [3.05, 3.63) is 12.4 Å². The summed E-state index contributed by atoms with van der Waals surface area (Å²) in [6, 6.07) is 0. The fourth-order valence-corrected chi connectivity index (χ4v) is 2.09. The van der Waals surface area contributed by atoms with E-state index in [-0.39, 0.29) is 0 Å². The van der Waals surface area contributed by atoms with Crippen molar-refractivity contribution in [1.29, 1.82) is 0 Å². The van der Waals surface area contributed by atoms with Crippen LogP contribution < -0.4 is 4.90 Å². The third-order valence-corrected chi connectivity index (χ3v) is 3.46. The molecular weight excluding hydrogens is 271 g/mol. The predicted molar refractivity (Wildman–Crippen MR) is 75.8 cm³/mol. The zero-order valence-electron chi connectivity index (χ0n) is 12.7. The first-order valence-electron chi connectivity index (χ1n) is 7.40. The highest BCUT2D eigenvalue weighted by atomic mass is 19.5. The summed E-state index contributed by atoms with van der Waals surface area (Å²) in [5.41, 5.74) is 0. The molecule has 1 N–H and O–H groups in total. The van der Waals surface area contributed by atoms with Gasteiger partial charge in [0.1, 0.15) is 6.20 Å². The molecule has 20 heavy (non-hydrogen) atoms. The van der Waals surface area contributed by atoms with E-state index in [4.69, 9.17) is 0 Å². The summed E-state index contributed by atoms with van der Waals surface area (Å²) >= 11 is 0. The number of hydrogen-bond acceptors (Lipinski definition) is 1. The molecule has 1 aliphatic heterocycles. The maximum Gasteiger partial charge on any atom is 0.673 e. The van der Waals surface area contributed by atoms with E-state index in [0.29, 0.717) is 6.17 Å². The summed E-state index contributed by atoms with van der Waals surface area (Å²) in [4.78, 5) is 3.97. The van der Waals surface area contributed by atoms with Crippen molar-refractivity contribution in [2.24, 2.45) is 0 Å². The Labute approximate surface area is 119 Å². The van der Waals surface area contributed by atoms with E-state index in [0.717, 1.165) is 0 Å². The summed E-state index contributed by atoms with van der Waals surface area (Å²) in [6.45, 7) is 5.81. The van der Waals surface area contributed by atoms with Crippen LogP contribution in [0.5, 0.6) is 0 Å². The average molecular weight is 298 g/mol. The highest BCUT2D eigenvalue weighted by Gasteiger charge is 2.22. The standard InChI is InChI=1S/C13H26N2.BF4/c1-4-5-6-7-8-9-10-15-12-11-14(3)13(15)2;2-1(3,4)5/h11-13H,4-10H2,1-3H3;/q;-1/p+1. The molecule has 0 aromatic carbocycles. The van der Waals surface area contributed by atoms with Gasteiger partial charge in [-0.2, -0.15) is 0 Å². The quantitative estimate of drug-likeness (QED) is 0.430. The maximum atomic E-state index is 9.75. The van der Waals surface area contributed by atoms with E-state index < -0.39 is 7.25 Å². The van der Waals surface area contributed by atoms with Crippen LogP contribution in [0.4, 0.5) is 17.3 Å². The Hall–Kier alpha value is -0.715. The SMILES string of the molecule is CCCCCCCCN1C=C[NH+](C)C1C.F[B-](F)(F)F. The molecule has 0 radical (unpaired) electrons. The van der Waals surface area contributed by atoms with Crippen molar-refractivity contribution in [3.8, 4) is 0 Å². The molecule has 2 atom stereocenters. The van der Waals surface area contributed by atoms with Crippen LogP contribution >= 0.6 is 0 Å². The van der Waals surface area contributed by atoms with Crippen LogP contribution in [0.2, 0.25) is 0 Å². The lowest BCUT2D eigenvalue weighted by atomic mass is 10.1. The molecule has 2 nitrogen and oxygen atoms in total. The van der Waals surface area contributed by atoms with E-state index in [2.05, 4.69) is 38.2 Å². The van der Waals surface area contributed by atoms with Gasteiger partial charge in [0.05, 0.1) is 13.2 Å². The molecule has 0 saturated heterocycles. The molecule has 1 aliphatic rings. The molecular formula is C13H27BF4N2. The van der Waals surface area contributed by atoms with Crippen LogP contribution in [-0.2, 0) is 0 Å². The summed E-state index contributed by atoms with van der Waals surface area (Å²) in [6.07, 6.45) is 13.5. The molecule has 0 bridgehead atoms. The van der Waals surface area contributed by atoms with Crippen LogP contribution in [0.1, 0.15) is 52.4 Å². The van der Waals surface area contributed by atoms with Crippen molar-refractivity contribution in [2.75, 3.05) is 13.6 Å². The smallest absolute Gasteiger partial charge is 0.418 e. The lowest BCUT2D eigenvalue weighted by Gasteiger charge is -2.22. The number of nitrogens with zero attached hydrogens (tertiary/aromatic N) is 1. The molecule has 1 heterocycles. The third-order valence-electron chi connectivity index (χ3n) is 3.46. The first-order chi connectivity index (χ1) is 9.25. The molecule has 7 heteroatoms. The van der Waals surface area contributed by atoms with Gasteiger partial charge < -0.3 is 22.2 Å². The normalized spacial score (nSPS) is 21.9. The summed E-state index contributed by atoms with van der Waals surface area (Å²) in [5.74, 6) is 0. The van der Waals surface area contributed by atoms with Gasteiger partial charge in [0.2, 0.25) is 0 Å². The van der Waals surface area contributed by atoms with Crippen LogP contribution in [-0.4, -0.2) is 31.9 Å². The molecule has 0 spiro atoms. The van der Waals surface area contributed by atoms with Crippen LogP contribution in [0.3, 0.4) is 0 Å². The van der Waals surface area contributed by atoms with Crippen molar-refractivity contribution >= 4 is 7.25 Å². The number of hydrogen-bond donors (Lipinski definition) is 1. The van der Waals surface area contributed by atoms with Gasteiger partial charge in [0.15, 0.2) is 6.17 Å². The summed E-state index contributed by atoms with van der Waals surface area (Å²) in [7, 11) is -3.78. The van der Waals surface area contributed by atoms with E-state index in [1.165, 1.54) is 50.0 Å². The van der Waals surface area contributed by atoms with E-state index in [1.54, 1.807) is 0 Å². The molecule has 1 rings (SSSR count). The van der Waals surface area contributed by atoms with E-state index >= 15 is 0 Å². The molecule has 120 valence electrons. The molecule has 0 saturated carbocycles. The Morgan fingerprint density at radius 3 is 2.00 bits per heavy atom. The molecule has 0 aromatic heterocycles. The van der Waals surface area contributed by atoms with Crippen LogP contribution in [0.25, 0.3) is 0 Å². The molecule has 0 aromatic rings. The van der Waals surface area contributed by atoms with E-state index in [1.807, 2.05) is 0 Å². The van der Waals surface area contributed by atoms with Crippen molar-refractivity contribution < 1.29 is 22.2 Å². The van der Waals surface area contributed by atoms with Gasteiger partial charge in [-0.25, -0.2) is 0 Å². The Morgan fingerprint density at radius 2 is 1.55 bits per heavy atom. The monoisotopic (exact) mass is 298 g/mol. The second-order valence-corrected chi connectivity index (χ2v) is 5.24. The first kappa shape index (κ1) is 19.3. The summed E-state index contributed by atoms with van der Waals surface area (Å²) < 4.78 is 39.0. The van der Waals surface area contributed by atoms with Gasteiger partial charge in [-0.05, 0) is 6.42 Å². The van der Waals surface area contributed by atoms with Crippen molar-refractivity contribution in [3.63, 3.8) is 0 Å². The Bertz CT molecular complexity index is 266. The highest BCUT2D eigenvalue weighted by molar-refractivity contribution is 6.50. The Balaban J connectivity index is 0.000000621. The lowest BCUT2D eigenvalue weighted by molar-refractivity contribution is -0.854. The minimum atomic E-state index is -6.00. The lowest BCUT2D eigenvalue weighted by Crippen LogP contribution is -3.08. The van der Waals surface area contributed by atoms with Gasteiger partial charge in [0, 0.05) is 13.5 Å². The zero-order valence-corrected chi connectivity index (χ0v) is 12.7. The fraction of sp³-hybridized carbons (Fsp3) is 0.846. The van der Waals surface area contributed by atoms with Gasteiger partial charge in [0.25, 0.3) is 0 Å². The van der Waals surface area contributed by atoms with Crippen LogP contribution in [0.15, 0.2) is 12.4 Å². The minimum absolute atomic E-state index is 0.639. The van der Waals surface area contributed by atoms with Crippen molar-refractivity contribution in [2.45, 2.75) is 58.5 Å². The number of halogens is 4. The maximum absolute atomic E-state index is 9.75. The van der Waals surface area contributed by atoms with E-state index in [9.17, 15) is 17.3 Å². The predicted octanol–water partition coefficient (Wildman–Crippen LogP) is 3.29. The second kappa shape index (κ2) is 10.1. The first-order valence-corrected chi connectivity index (χ1v) is 7.40. The van der Waals surface area contributed by atoms with Crippen LogP contribution in [0, 0.1) is 0 Å². The fourth-order valence-electron chi connectivity index (χ4n) is 2.09. The number of unbranched alkanes of at least 4 members (excludes halogenated alkanes) is 5. The largest absolute Gasteiger partial charge is 0.673 e. The highest BCUT2D eigenvalue weighted by Crippen LogP contribution is 2.08. The van der Waals surface area contributed by atoms with Gasteiger partial charge in [-0.15, -0.1) is 0 Å². The van der Waals surface area contributed by atoms with Crippen molar-refractivity contribution in [1.82, 2.24) is 4.90 Å². The molecule has 0 amide bonds. The molecule has 2 unspecified atom stereocenters. The zero-order chi connectivity index (χ0) is 15.6. The average Bonchev–Trinajstić information content (AvgIpc) is 2.63. The third kappa shape index (κ3) is 11.1. The number of rotatable bonds is 7. The molecule has 0 fully saturated rings. The van der Waals surface area contributed by atoms with Gasteiger partial charge >= 0.3 is 7.25 Å². The number of quaternary nitrogens is 1. The Morgan fingerprint density at radius 1 is 1.05 bits per heavy atom. The second-order valence-electron chi connectivity index (χ2n) is 5.24. The van der Waals surface area contributed by atoms with Gasteiger partial charge in [-0.3, -0.25) is 4.90 Å². The van der Waals surface area contributed by atoms with Gasteiger partial charge in [-0.1, -0.05) is 39.0 Å². The number of nitrogens with one attached hydrogen (secondary N) is 1. The molecule has 0 aliphatic carbocycles. The minimum Gasteiger partial charge on any atom is -0.418 e. The summed E-state index contributed by atoms with van der Waals surface area (Å²) in [5, 5.41) is 0. The topological polar surface area (TPSA) is 7.68 Å².